The van der Waals surface area contributed by atoms with E-state index in [2.05, 4.69) is 5.10 Å². The van der Waals surface area contributed by atoms with Crippen molar-refractivity contribution < 1.29 is 23.5 Å². The second-order valence-corrected chi connectivity index (χ2v) is 5.76. The Bertz CT molecular complexity index is 796. The van der Waals surface area contributed by atoms with Crippen LogP contribution < -0.4 is 4.74 Å². The Hall–Kier alpha value is -3.09. The maximum Gasteiger partial charge on any atom is 0.306 e. The monoisotopic (exact) mass is 356 g/mol. The lowest BCUT2D eigenvalue weighted by atomic mass is 10.0. The molecule has 7 heteroatoms. The Morgan fingerprint density at radius 1 is 1.27 bits per heavy atom. The summed E-state index contributed by atoms with van der Waals surface area (Å²) in [4.78, 5) is 23.9. The van der Waals surface area contributed by atoms with Crippen LogP contribution in [0.2, 0.25) is 0 Å². The van der Waals surface area contributed by atoms with Gasteiger partial charge in [0.15, 0.2) is 6.61 Å². The molecule has 3 rings (SSSR count). The molecule has 0 saturated carbocycles. The van der Waals surface area contributed by atoms with Crippen LogP contribution in [-0.4, -0.2) is 36.3 Å². The summed E-state index contributed by atoms with van der Waals surface area (Å²) < 4.78 is 15.6. The van der Waals surface area contributed by atoms with Gasteiger partial charge in [-0.2, -0.15) is 5.10 Å². The number of esters is 1. The first-order valence-corrected chi connectivity index (χ1v) is 8.35. The van der Waals surface area contributed by atoms with Crippen molar-refractivity contribution >= 4 is 17.6 Å². The average molecular weight is 356 g/mol. The van der Waals surface area contributed by atoms with Crippen LogP contribution in [0.25, 0.3) is 0 Å². The predicted molar refractivity (Wildman–Crippen MR) is 93.7 cm³/mol. The molecule has 26 heavy (non-hydrogen) atoms. The first-order valence-electron chi connectivity index (χ1n) is 8.35. The Morgan fingerprint density at radius 3 is 2.65 bits per heavy atom. The molecule has 2 aromatic rings. The minimum Gasteiger partial charge on any atom is -0.497 e. The van der Waals surface area contributed by atoms with Gasteiger partial charge in [-0.1, -0.05) is 6.92 Å². The number of amides is 1. The highest BCUT2D eigenvalue weighted by Gasteiger charge is 2.35. The first kappa shape index (κ1) is 17.7. The van der Waals surface area contributed by atoms with E-state index in [1.807, 2.05) is 24.3 Å². The summed E-state index contributed by atoms with van der Waals surface area (Å²) >= 11 is 0. The molecule has 7 nitrogen and oxygen atoms in total. The van der Waals surface area contributed by atoms with Crippen molar-refractivity contribution in [2.45, 2.75) is 25.8 Å². The second-order valence-electron chi connectivity index (χ2n) is 5.76. The Balaban J connectivity index is 1.82. The van der Waals surface area contributed by atoms with Crippen molar-refractivity contribution in [3.8, 4) is 5.75 Å². The third-order valence-corrected chi connectivity index (χ3v) is 4.11. The molecule has 1 aliphatic heterocycles. The van der Waals surface area contributed by atoms with Gasteiger partial charge >= 0.3 is 5.97 Å². The van der Waals surface area contributed by atoms with Crippen LogP contribution in [0.3, 0.4) is 0 Å². The summed E-state index contributed by atoms with van der Waals surface area (Å²) in [7, 11) is 1.60. The van der Waals surface area contributed by atoms with E-state index in [-0.39, 0.29) is 19.1 Å². The van der Waals surface area contributed by atoms with Crippen LogP contribution in [0.15, 0.2) is 52.2 Å². The third-order valence-electron chi connectivity index (χ3n) is 4.11. The van der Waals surface area contributed by atoms with Gasteiger partial charge < -0.3 is 13.9 Å². The number of methoxy groups -OCH3 is 1. The zero-order chi connectivity index (χ0) is 18.5. The minimum absolute atomic E-state index is 0.218. The molecule has 1 amide bonds. The van der Waals surface area contributed by atoms with Crippen LogP contribution in [0.4, 0.5) is 0 Å². The van der Waals surface area contributed by atoms with Crippen molar-refractivity contribution in [3.05, 3.63) is 54.0 Å². The molecule has 1 aromatic heterocycles. The minimum atomic E-state index is -0.425. The second kappa shape index (κ2) is 7.86. The van der Waals surface area contributed by atoms with Crippen LogP contribution in [0.5, 0.6) is 5.75 Å². The molecule has 0 N–H and O–H groups in total. The smallest absolute Gasteiger partial charge is 0.306 e. The maximum atomic E-state index is 12.5. The van der Waals surface area contributed by atoms with Crippen LogP contribution in [0, 0.1) is 0 Å². The zero-order valence-corrected chi connectivity index (χ0v) is 14.7. The van der Waals surface area contributed by atoms with E-state index in [1.54, 1.807) is 32.4 Å². The number of benzene rings is 1. The normalized spacial score (nSPS) is 16.3. The molecular weight excluding hydrogens is 336 g/mol. The summed E-state index contributed by atoms with van der Waals surface area (Å²) in [6, 6.07) is 10.7. The maximum absolute atomic E-state index is 12.5. The third kappa shape index (κ3) is 3.77. The number of rotatable bonds is 6. The molecule has 0 saturated heterocycles. The topological polar surface area (TPSA) is 81.3 Å². The number of furan rings is 1. The first-order chi connectivity index (χ1) is 12.6. The van der Waals surface area contributed by atoms with Gasteiger partial charge in [0.1, 0.15) is 17.6 Å². The molecule has 136 valence electrons. The molecule has 0 radical (unpaired) electrons. The number of ether oxygens (including phenoxy) is 2. The summed E-state index contributed by atoms with van der Waals surface area (Å²) in [5.41, 5.74) is 1.65. The highest BCUT2D eigenvalue weighted by molar-refractivity contribution is 6.03. The number of hydrazone groups is 1. The van der Waals surface area contributed by atoms with Gasteiger partial charge in [-0.25, -0.2) is 5.01 Å². The van der Waals surface area contributed by atoms with E-state index in [1.165, 1.54) is 5.01 Å². The molecular formula is C19H20N2O5. The van der Waals surface area contributed by atoms with Crippen molar-refractivity contribution in [2.24, 2.45) is 5.10 Å². The molecule has 0 unspecified atom stereocenters. The van der Waals surface area contributed by atoms with Gasteiger partial charge in [-0.3, -0.25) is 9.59 Å². The molecule has 0 aliphatic carbocycles. The van der Waals surface area contributed by atoms with E-state index >= 15 is 0 Å². The van der Waals surface area contributed by atoms with Gasteiger partial charge in [0, 0.05) is 12.8 Å². The molecule has 1 aliphatic rings. The van der Waals surface area contributed by atoms with Crippen LogP contribution in [0.1, 0.15) is 37.1 Å². The molecule has 0 fully saturated rings. The predicted octanol–water partition coefficient (Wildman–Crippen LogP) is 2.92. The number of hydrogen-bond acceptors (Lipinski definition) is 6. The standard InChI is InChI=1S/C19H20N2O5/c1-3-19(23)26-12-18(22)21-16(17-5-4-10-25-17)11-15(20-21)13-6-8-14(24-2)9-7-13/h4-10,16H,3,11-12H2,1-2H3/t16-/m0/s1. The quantitative estimate of drug-likeness (QED) is 0.744. The fourth-order valence-electron chi connectivity index (χ4n) is 2.71. The summed E-state index contributed by atoms with van der Waals surface area (Å²) in [5.74, 6) is 0.560. The summed E-state index contributed by atoms with van der Waals surface area (Å²) in [6.07, 6.45) is 2.28. The molecule has 2 heterocycles. The zero-order valence-electron chi connectivity index (χ0n) is 14.7. The van der Waals surface area contributed by atoms with Gasteiger partial charge in [0.25, 0.3) is 5.91 Å². The van der Waals surface area contributed by atoms with E-state index in [4.69, 9.17) is 13.9 Å². The molecule has 0 bridgehead atoms. The Morgan fingerprint density at radius 2 is 2.04 bits per heavy atom. The number of nitrogens with zero attached hydrogens (tertiary/aromatic N) is 2. The van der Waals surface area contributed by atoms with E-state index < -0.39 is 11.9 Å². The Kier molecular flexibility index (Phi) is 5.36. The van der Waals surface area contributed by atoms with Crippen molar-refractivity contribution in [2.75, 3.05) is 13.7 Å². The fourth-order valence-corrected chi connectivity index (χ4v) is 2.71. The van der Waals surface area contributed by atoms with Crippen molar-refractivity contribution in [1.29, 1.82) is 0 Å². The highest BCUT2D eigenvalue weighted by atomic mass is 16.5. The SMILES string of the molecule is CCC(=O)OCC(=O)N1N=C(c2ccc(OC)cc2)C[C@H]1c1ccco1. The lowest BCUT2D eigenvalue weighted by molar-refractivity contribution is -0.152. The summed E-state index contributed by atoms with van der Waals surface area (Å²) in [5, 5.41) is 5.80. The number of carbonyl (C=O) groups excluding carboxylic acids is 2. The molecule has 1 atom stereocenters. The Labute approximate surface area is 151 Å². The largest absolute Gasteiger partial charge is 0.497 e. The average Bonchev–Trinajstić information content (AvgIpc) is 3.35. The summed E-state index contributed by atoms with van der Waals surface area (Å²) in [6.45, 7) is 1.33. The lowest BCUT2D eigenvalue weighted by Crippen LogP contribution is -2.31. The van der Waals surface area contributed by atoms with Gasteiger partial charge in [-0.05, 0) is 42.0 Å². The highest BCUT2D eigenvalue weighted by Crippen LogP contribution is 2.33. The van der Waals surface area contributed by atoms with Crippen molar-refractivity contribution in [3.63, 3.8) is 0 Å². The van der Waals surface area contributed by atoms with Crippen molar-refractivity contribution in [1.82, 2.24) is 5.01 Å². The number of hydrogen-bond donors (Lipinski definition) is 0. The van der Waals surface area contributed by atoms with E-state index in [9.17, 15) is 9.59 Å². The number of carbonyl (C=O) groups is 2. The van der Waals surface area contributed by atoms with Gasteiger partial charge in [-0.15, -0.1) is 0 Å². The van der Waals surface area contributed by atoms with Gasteiger partial charge in [0.2, 0.25) is 0 Å². The van der Waals surface area contributed by atoms with E-state index in [0.29, 0.717) is 12.2 Å². The lowest BCUT2D eigenvalue weighted by Gasteiger charge is -2.19. The fraction of sp³-hybridized carbons (Fsp3) is 0.316. The molecule has 0 spiro atoms. The van der Waals surface area contributed by atoms with Crippen LogP contribution >= 0.6 is 0 Å². The molecule has 1 aromatic carbocycles. The van der Waals surface area contributed by atoms with E-state index in [0.717, 1.165) is 17.0 Å². The van der Waals surface area contributed by atoms with Gasteiger partial charge in [0.05, 0.1) is 19.1 Å². The van der Waals surface area contributed by atoms with Crippen LogP contribution in [-0.2, 0) is 14.3 Å².